The molecule has 1 aliphatic carbocycles. The minimum Gasteiger partial charge on any atom is -0.389 e. The lowest BCUT2D eigenvalue weighted by molar-refractivity contribution is 0.199. The normalized spacial score (nSPS) is 15.8. The van der Waals surface area contributed by atoms with E-state index < -0.39 is 11.9 Å². The summed E-state index contributed by atoms with van der Waals surface area (Å²) >= 11 is 0. The van der Waals surface area contributed by atoms with E-state index in [1.807, 2.05) is 11.7 Å². The van der Waals surface area contributed by atoms with Crippen molar-refractivity contribution in [2.24, 2.45) is 13.0 Å². The van der Waals surface area contributed by atoms with Crippen LogP contribution in [-0.2, 0) is 19.9 Å². The first-order valence-corrected chi connectivity index (χ1v) is 8.92. The molecule has 26 heavy (non-hydrogen) atoms. The summed E-state index contributed by atoms with van der Waals surface area (Å²) in [5.74, 6) is 0.402. The lowest BCUT2D eigenvalue weighted by Gasteiger charge is -2.16. The van der Waals surface area contributed by atoms with Crippen molar-refractivity contribution in [3.8, 4) is 0 Å². The molecule has 1 saturated carbocycles. The van der Waals surface area contributed by atoms with E-state index in [1.54, 1.807) is 19.1 Å². The number of nitrogens with one attached hydrogen (secondary N) is 2. The molecule has 138 valence electrons. The maximum absolute atomic E-state index is 13.5. The van der Waals surface area contributed by atoms with Crippen LogP contribution >= 0.6 is 0 Å². The number of allylic oxidation sites excluding steroid dienone is 2. The molecule has 0 spiro atoms. The third kappa shape index (κ3) is 4.58. The molecule has 0 unspecified atom stereocenters. The topological polar surface area (TPSA) is 73.9 Å². The molecule has 1 atom stereocenters. The van der Waals surface area contributed by atoms with Crippen LogP contribution in [0.5, 0.6) is 0 Å². The highest BCUT2D eigenvalue weighted by molar-refractivity contribution is 5.71. The molecule has 6 heteroatoms. The quantitative estimate of drug-likeness (QED) is 0.631. The Hall–Kier alpha value is -2.47. The number of halogens is 1. The molecule has 1 aromatic carbocycles. The number of aliphatic hydroxyl groups is 1. The van der Waals surface area contributed by atoms with Gasteiger partial charge in [-0.15, -0.1) is 0 Å². The molecule has 3 rings (SSSR count). The summed E-state index contributed by atoms with van der Waals surface area (Å²) in [6.07, 6.45) is 6.26. The third-order valence-electron chi connectivity index (χ3n) is 4.64. The number of rotatable bonds is 8. The summed E-state index contributed by atoms with van der Waals surface area (Å²) in [6, 6.07) is 6.39. The molecule has 1 fully saturated rings. The first-order chi connectivity index (χ1) is 12.5. The largest absolute Gasteiger partial charge is 0.389 e. The van der Waals surface area contributed by atoms with E-state index in [0.717, 1.165) is 23.7 Å². The molecule has 3 N–H and O–H groups in total. The van der Waals surface area contributed by atoms with Crippen molar-refractivity contribution in [2.45, 2.75) is 38.7 Å². The van der Waals surface area contributed by atoms with Crippen molar-refractivity contribution >= 4 is 11.9 Å². The van der Waals surface area contributed by atoms with Crippen LogP contribution in [0.1, 0.15) is 42.8 Å². The van der Waals surface area contributed by atoms with E-state index in [4.69, 9.17) is 5.41 Å². The molecule has 1 heterocycles. The van der Waals surface area contributed by atoms with Gasteiger partial charge in [-0.2, -0.15) is 5.10 Å². The van der Waals surface area contributed by atoms with Crippen LogP contribution in [0.3, 0.4) is 0 Å². The summed E-state index contributed by atoms with van der Waals surface area (Å²) < 4.78 is 15.4. The van der Waals surface area contributed by atoms with Gasteiger partial charge in [0.1, 0.15) is 5.82 Å². The van der Waals surface area contributed by atoms with E-state index in [-0.39, 0.29) is 0 Å². The second-order valence-electron chi connectivity index (χ2n) is 6.97. The Morgan fingerprint density at radius 2 is 2.23 bits per heavy atom. The van der Waals surface area contributed by atoms with Gasteiger partial charge >= 0.3 is 0 Å². The monoisotopic (exact) mass is 356 g/mol. The Kier molecular flexibility index (Phi) is 5.52. The molecule has 2 aromatic rings. The van der Waals surface area contributed by atoms with Crippen LogP contribution in [0, 0.1) is 17.1 Å². The molecular weight excluding hydrogens is 331 g/mol. The summed E-state index contributed by atoms with van der Waals surface area (Å²) in [6.45, 7) is 1.60. The van der Waals surface area contributed by atoms with Crippen LogP contribution in [0.4, 0.5) is 10.1 Å². The average Bonchev–Trinajstić information content (AvgIpc) is 3.33. The predicted octanol–water partition coefficient (Wildman–Crippen LogP) is 3.75. The molecule has 1 aromatic heterocycles. The van der Waals surface area contributed by atoms with Crippen LogP contribution in [-0.4, -0.2) is 21.1 Å². The van der Waals surface area contributed by atoms with Gasteiger partial charge in [-0.05, 0) is 62.4 Å². The van der Waals surface area contributed by atoms with Crippen molar-refractivity contribution in [2.75, 3.05) is 5.32 Å². The molecule has 0 aliphatic heterocycles. The standard InChI is InChI=1S/C20H25FN4O/c1-13(26)19-10-15(21)5-6-20(19)23-16(7-8-22)11-17-12-18(25(2)24-17)9-14-3-4-14/h5-8,10,12-14,22-23,26H,3-4,9,11H2,1-2H3/b16-7-,22-8?/t13-/m1/s1. The Labute approximate surface area is 153 Å². The van der Waals surface area contributed by atoms with E-state index in [9.17, 15) is 9.50 Å². The molecule has 0 radical (unpaired) electrons. The van der Waals surface area contributed by atoms with Gasteiger partial charge in [0.05, 0.1) is 11.8 Å². The van der Waals surface area contributed by atoms with Crippen molar-refractivity contribution in [3.63, 3.8) is 0 Å². The number of aromatic nitrogens is 2. The first-order valence-electron chi connectivity index (χ1n) is 8.92. The summed E-state index contributed by atoms with van der Waals surface area (Å²) in [5, 5.41) is 25.1. The molecule has 0 saturated heterocycles. The van der Waals surface area contributed by atoms with Crippen LogP contribution in [0.15, 0.2) is 36.0 Å². The maximum Gasteiger partial charge on any atom is 0.123 e. The number of hydrogen-bond donors (Lipinski definition) is 3. The fraction of sp³-hybridized carbons (Fsp3) is 0.400. The maximum atomic E-state index is 13.5. The fourth-order valence-corrected chi connectivity index (χ4v) is 3.07. The van der Waals surface area contributed by atoms with Gasteiger partial charge in [-0.25, -0.2) is 4.39 Å². The smallest absolute Gasteiger partial charge is 0.123 e. The van der Waals surface area contributed by atoms with Crippen molar-refractivity contribution in [1.82, 2.24) is 9.78 Å². The SMILES string of the molecule is C[C@@H](O)c1cc(F)ccc1N/C(=C\C=N)Cc1cc(CC2CC2)n(C)n1. The molecule has 1 aliphatic rings. The molecular formula is C20H25FN4O. The molecule has 0 bridgehead atoms. The van der Waals surface area contributed by atoms with E-state index in [2.05, 4.69) is 16.5 Å². The number of anilines is 1. The number of benzene rings is 1. The zero-order valence-corrected chi connectivity index (χ0v) is 15.2. The predicted molar refractivity (Wildman–Crippen MR) is 101 cm³/mol. The Morgan fingerprint density at radius 1 is 1.46 bits per heavy atom. The van der Waals surface area contributed by atoms with Crippen LogP contribution < -0.4 is 5.32 Å². The second kappa shape index (κ2) is 7.83. The van der Waals surface area contributed by atoms with Gasteiger partial charge in [-0.1, -0.05) is 0 Å². The first kappa shape index (κ1) is 18.3. The van der Waals surface area contributed by atoms with E-state index in [1.165, 1.54) is 36.9 Å². The number of aryl methyl sites for hydroxylation is 1. The van der Waals surface area contributed by atoms with Crippen molar-refractivity contribution in [3.05, 3.63) is 58.8 Å². The van der Waals surface area contributed by atoms with Crippen LogP contribution in [0.2, 0.25) is 0 Å². The van der Waals surface area contributed by atoms with Crippen molar-refractivity contribution < 1.29 is 9.50 Å². The zero-order chi connectivity index (χ0) is 18.7. The zero-order valence-electron chi connectivity index (χ0n) is 15.2. The fourth-order valence-electron chi connectivity index (χ4n) is 3.07. The minimum absolute atomic E-state index is 0.390. The van der Waals surface area contributed by atoms with Gasteiger partial charge in [0.2, 0.25) is 0 Å². The Morgan fingerprint density at radius 3 is 2.88 bits per heavy atom. The summed E-state index contributed by atoms with van der Waals surface area (Å²) in [4.78, 5) is 0. The minimum atomic E-state index is -0.797. The number of hydrogen-bond acceptors (Lipinski definition) is 4. The highest BCUT2D eigenvalue weighted by Crippen LogP contribution is 2.32. The molecule has 5 nitrogen and oxygen atoms in total. The average molecular weight is 356 g/mol. The third-order valence-corrected chi connectivity index (χ3v) is 4.64. The lowest BCUT2D eigenvalue weighted by atomic mass is 10.1. The molecule has 0 amide bonds. The Balaban J connectivity index is 1.78. The lowest BCUT2D eigenvalue weighted by Crippen LogP contribution is -2.08. The van der Waals surface area contributed by atoms with Crippen LogP contribution in [0.25, 0.3) is 0 Å². The van der Waals surface area contributed by atoms with E-state index >= 15 is 0 Å². The van der Waals surface area contributed by atoms with Gasteiger partial charge in [0.25, 0.3) is 0 Å². The summed E-state index contributed by atoms with van der Waals surface area (Å²) in [5.41, 5.74) is 4.03. The van der Waals surface area contributed by atoms with Gasteiger partial charge in [0.15, 0.2) is 0 Å². The number of nitrogens with zero attached hydrogens (tertiary/aromatic N) is 2. The van der Waals surface area contributed by atoms with Gasteiger partial charge in [-0.3, -0.25) is 4.68 Å². The van der Waals surface area contributed by atoms with Gasteiger partial charge < -0.3 is 15.8 Å². The Bertz CT molecular complexity index is 821. The van der Waals surface area contributed by atoms with E-state index in [0.29, 0.717) is 17.7 Å². The van der Waals surface area contributed by atoms with Gasteiger partial charge in [0, 0.05) is 42.3 Å². The highest BCUT2D eigenvalue weighted by atomic mass is 19.1. The summed E-state index contributed by atoms with van der Waals surface area (Å²) in [7, 11) is 1.96. The highest BCUT2D eigenvalue weighted by Gasteiger charge is 2.23. The second-order valence-corrected chi connectivity index (χ2v) is 6.97. The number of aliphatic hydroxyl groups excluding tert-OH is 1. The van der Waals surface area contributed by atoms with Crippen molar-refractivity contribution in [1.29, 1.82) is 5.41 Å².